The second-order valence-electron chi connectivity index (χ2n) is 9.94. The predicted octanol–water partition coefficient (Wildman–Crippen LogP) is 5.77. The molecule has 4 aromatic rings. The number of amides is 3. The zero-order valence-electron chi connectivity index (χ0n) is 23.3. The van der Waals surface area contributed by atoms with Crippen molar-refractivity contribution in [3.8, 4) is 0 Å². The minimum absolute atomic E-state index is 0.0325. The Morgan fingerprint density at radius 1 is 0.643 bits per heavy atom. The maximum atomic E-state index is 13.3. The average Bonchev–Trinajstić information content (AvgIpc) is 2.98. The van der Waals surface area contributed by atoms with Crippen molar-refractivity contribution in [2.75, 3.05) is 22.5 Å². The first-order valence-corrected chi connectivity index (χ1v) is 14.9. The molecule has 4 N–H and O–H groups in total. The van der Waals surface area contributed by atoms with Crippen LogP contribution >= 0.6 is 0 Å². The molecule has 0 aliphatic rings. The fourth-order valence-corrected chi connectivity index (χ4v) is 5.03. The van der Waals surface area contributed by atoms with Gasteiger partial charge < -0.3 is 16.0 Å². The van der Waals surface area contributed by atoms with Crippen molar-refractivity contribution >= 4 is 44.8 Å². The third-order valence-electron chi connectivity index (χ3n) is 6.30. The lowest BCUT2D eigenvalue weighted by Crippen LogP contribution is -2.31. The van der Waals surface area contributed by atoms with Gasteiger partial charge in [0.15, 0.2) is 0 Å². The molecule has 4 rings (SSSR count). The van der Waals surface area contributed by atoms with E-state index < -0.39 is 21.8 Å². The van der Waals surface area contributed by atoms with Crippen LogP contribution in [-0.4, -0.2) is 32.7 Å². The van der Waals surface area contributed by atoms with E-state index in [-0.39, 0.29) is 27.6 Å². The van der Waals surface area contributed by atoms with Gasteiger partial charge in [-0.2, -0.15) is 0 Å². The summed E-state index contributed by atoms with van der Waals surface area (Å²) < 4.78 is 27.4. The summed E-state index contributed by atoms with van der Waals surface area (Å²) in [6.45, 7) is 4.90. The topological polar surface area (TPSA) is 133 Å². The molecule has 216 valence electrons. The zero-order chi connectivity index (χ0) is 30.1. The Morgan fingerprint density at radius 2 is 1.24 bits per heavy atom. The fourth-order valence-electron chi connectivity index (χ4n) is 4.04. The van der Waals surface area contributed by atoms with Crippen molar-refractivity contribution < 1.29 is 22.8 Å². The molecule has 0 saturated heterocycles. The van der Waals surface area contributed by atoms with E-state index in [2.05, 4.69) is 29.8 Å². The molecule has 0 spiro atoms. The molecule has 3 amide bonds. The normalized spacial score (nSPS) is 11.0. The molecular formula is C32H32N4O5S. The highest BCUT2D eigenvalue weighted by Gasteiger charge is 2.21. The molecule has 0 aliphatic heterocycles. The zero-order valence-corrected chi connectivity index (χ0v) is 24.1. The Kier molecular flexibility index (Phi) is 9.72. The molecule has 0 heterocycles. The van der Waals surface area contributed by atoms with Gasteiger partial charge in [0, 0.05) is 17.7 Å². The number of carbonyl (C=O) groups excluding carboxylic acids is 3. The molecule has 0 aliphatic carbocycles. The first-order chi connectivity index (χ1) is 20.1. The summed E-state index contributed by atoms with van der Waals surface area (Å²) in [4.78, 5) is 39.2. The molecular weight excluding hydrogens is 552 g/mol. The summed E-state index contributed by atoms with van der Waals surface area (Å²) in [7, 11) is -4.12. The molecule has 9 nitrogen and oxygen atoms in total. The van der Waals surface area contributed by atoms with Crippen LogP contribution in [-0.2, 0) is 10.0 Å². The van der Waals surface area contributed by atoms with Crippen LogP contribution in [0.25, 0.3) is 0 Å². The van der Waals surface area contributed by atoms with Crippen molar-refractivity contribution in [2.45, 2.75) is 25.2 Å². The maximum Gasteiger partial charge on any atom is 0.267 e. The second kappa shape index (κ2) is 13.6. The van der Waals surface area contributed by atoms with E-state index in [0.717, 1.165) is 6.42 Å². The standard InChI is InChI=1S/C32H32N4O5S/c1-22(2)19-20-33-28-18-17-24(21-29(28)35-30(37)23-11-5-3-6-12-23)31(38)34-27-16-10-9-15-26(27)32(39)36-42(40,41)25-13-7-4-8-14-25/h3-18,21-22,33H,19-20H2,1-2H3,(H,34,38)(H,35,37)(H,36,39). The van der Waals surface area contributed by atoms with Crippen LogP contribution in [0.2, 0.25) is 0 Å². The summed E-state index contributed by atoms with van der Waals surface area (Å²) in [6, 6.07) is 27.2. The van der Waals surface area contributed by atoms with Crippen molar-refractivity contribution in [1.82, 2.24) is 4.72 Å². The van der Waals surface area contributed by atoms with Crippen LogP contribution in [0.15, 0.2) is 108 Å². The smallest absolute Gasteiger partial charge is 0.267 e. The van der Waals surface area contributed by atoms with E-state index in [1.165, 1.54) is 24.3 Å². The van der Waals surface area contributed by atoms with Crippen LogP contribution < -0.4 is 20.7 Å². The summed E-state index contributed by atoms with van der Waals surface area (Å²) in [6.07, 6.45) is 0.910. The van der Waals surface area contributed by atoms with Gasteiger partial charge in [-0.1, -0.05) is 62.4 Å². The van der Waals surface area contributed by atoms with Crippen molar-refractivity contribution in [3.63, 3.8) is 0 Å². The van der Waals surface area contributed by atoms with Gasteiger partial charge in [0.1, 0.15) is 0 Å². The lowest BCUT2D eigenvalue weighted by molar-refractivity contribution is 0.0980. The highest BCUT2D eigenvalue weighted by molar-refractivity contribution is 7.90. The Morgan fingerprint density at radius 3 is 1.93 bits per heavy atom. The molecule has 0 saturated carbocycles. The average molecular weight is 585 g/mol. The van der Waals surface area contributed by atoms with Crippen LogP contribution in [0, 0.1) is 5.92 Å². The lowest BCUT2D eigenvalue weighted by atomic mass is 10.1. The van der Waals surface area contributed by atoms with Gasteiger partial charge >= 0.3 is 0 Å². The van der Waals surface area contributed by atoms with Crippen molar-refractivity contribution in [1.29, 1.82) is 0 Å². The number of benzene rings is 4. The highest BCUT2D eigenvalue weighted by Crippen LogP contribution is 2.26. The second-order valence-corrected chi connectivity index (χ2v) is 11.6. The fraction of sp³-hybridized carbons (Fsp3) is 0.156. The van der Waals surface area contributed by atoms with Crippen LogP contribution in [0.4, 0.5) is 17.1 Å². The molecule has 42 heavy (non-hydrogen) atoms. The van der Waals surface area contributed by atoms with Crippen molar-refractivity contribution in [3.05, 3.63) is 120 Å². The van der Waals surface area contributed by atoms with Gasteiger partial charge in [0.25, 0.3) is 27.7 Å². The molecule has 0 unspecified atom stereocenters. The number of hydrogen-bond donors (Lipinski definition) is 4. The summed E-state index contributed by atoms with van der Waals surface area (Å²) in [5.41, 5.74) is 1.85. The van der Waals surface area contributed by atoms with Gasteiger partial charge in [-0.15, -0.1) is 0 Å². The Hall–Kier alpha value is -4.96. The van der Waals surface area contributed by atoms with E-state index in [1.54, 1.807) is 72.8 Å². The number of nitrogens with one attached hydrogen (secondary N) is 4. The Bertz CT molecular complexity index is 1670. The van der Waals surface area contributed by atoms with E-state index >= 15 is 0 Å². The van der Waals surface area contributed by atoms with E-state index in [1.807, 2.05) is 10.8 Å². The van der Waals surface area contributed by atoms with Crippen LogP contribution in [0.5, 0.6) is 0 Å². The molecule has 0 atom stereocenters. The van der Waals surface area contributed by atoms with Gasteiger partial charge in [-0.3, -0.25) is 14.4 Å². The molecule has 0 radical (unpaired) electrons. The number of sulfonamides is 1. The Labute approximate surface area is 245 Å². The lowest BCUT2D eigenvalue weighted by Gasteiger charge is -2.16. The summed E-state index contributed by atoms with van der Waals surface area (Å²) in [5, 5.41) is 8.90. The minimum atomic E-state index is -4.12. The predicted molar refractivity (Wildman–Crippen MR) is 164 cm³/mol. The molecule has 0 bridgehead atoms. The van der Waals surface area contributed by atoms with Crippen LogP contribution in [0.1, 0.15) is 51.3 Å². The van der Waals surface area contributed by atoms with E-state index in [0.29, 0.717) is 29.4 Å². The molecule has 0 fully saturated rings. The first-order valence-electron chi connectivity index (χ1n) is 13.4. The summed E-state index contributed by atoms with van der Waals surface area (Å²) in [5.74, 6) is -1.30. The number of carbonyl (C=O) groups is 3. The highest BCUT2D eigenvalue weighted by atomic mass is 32.2. The molecule has 0 aromatic heterocycles. The summed E-state index contributed by atoms with van der Waals surface area (Å²) >= 11 is 0. The van der Waals surface area contributed by atoms with Gasteiger partial charge in [0.05, 0.1) is 27.5 Å². The third kappa shape index (κ3) is 7.82. The number of anilines is 3. The molecule has 4 aromatic carbocycles. The Balaban J connectivity index is 1.56. The number of para-hydroxylation sites is 1. The van der Waals surface area contributed by atoms with Gasteiger partial charge in [-0.05, 0) is 66.9 Å². The number of hydrogen-bond acceptors (Lipinski definition) is 6. The number of rotatable bonds is 11. The monoisotopic (exact) mass is 584 g/mol. The van der Waals surface area contributed by atoms with Gasteiger partial charge in [0.2, 0.25) is 0 Å². The maximum absolute atomic E-state index is 13.3. The molecule has 10 heteroatoms. The SMILES string of the molecule is CC(C)CCNc1ccc(C(=O)Nc2ccccc2C(=O)NS(=O)(=O)c2ccccc2)cc1NC(=O)c1ccccc1. The quantitative estimate of drug-likeness (QED) is 0.177. The largest absolute Gasteiger partial charge is 0.383 e. The van der Waals surface area contributed by atoms with Crippen LogP contribution in [0.3, 0.4) is 0 Å². The van der Waals surface area contributed by atoms with E-state index in [9.17, 15) is 22.8 Å². The minimum Gasteiger partial charge on any atom is -0.383 e. The van der Waals surface area contributed by atoms with Gasteiger partial charge in [-0.25, -0.2) is 13.1 Å². The van der Waals surface area contributed by atoms with Crippen molar-refractivity contribution in [2.24, 2.45) is 5.92 Å². The first kappa shape index (κ1) is 30.0. The third-order valence-corrected chi connectivity index (χ3v) is 7.65. The van der Waals surface area contributed by atoms with E-state index in [4.69, 9.17) is 0 Å².